The lowest BCUT2D eigenvalue weighted by atomic mass is 10.2. The SMILES string of the molecule is O=C(/C=C/c1ccc(Br)o1)N1CCCC1c1nc2ccccc2s1. The van der Waals surface area contributed by atoms with E-state index in [4.69, 9.17) is 9.40 Å². The number of halogens is 1. The highest BCUT2D eigenvalue weighted by Crippen LogP contribution is 2.36. The number of benzene rings is 1. The van der Waals surface area contributed by atoms with Crippen LogP contribution in [0.5, 0.6) is 0 Å². The Bertz CT molecular complexity index is 882. The molecule has 0 saturated carbocycles. The number of thiazole rings is 1. The number of hydrogen-bond acceptors (Lipinski definition) is 4. The van der Waals surface area contributed by atoms with Gasteiger partial charge in [0.2, 0.25) is 5.91 Å². The van der Waals surface area contributed by atoms with Crippen LogP contribution in [0.1, 0.15) is 29.7 Å². The maximum atomic E-state index is 12.6. The van der Waals surface area contributed by atoms with Crippen molar-refractivity contribution in [2.75, 3.05) is 6.54 Å². The van der Waals surface area contributed by atoms with Crippen molar-refractivity contribution in [1.29, 1.82) is 0 Å². The number of para-hydroxylation sites is 1. The average Bonchev–Trinajstić information content (AvgIpc) is 3.30. The highest BCUT2D eigenvalue weighted by Gasteiger charge is 2.31. The molecule has 6 heteroatoms. The molecule has 122 valence electrons. The second kappa shape index (κ2) is 6.53. The van der Waals surface area contributed by atoms with Gasteiger partial charge >= 0.3 is 0 Å². The van der Waals surface area contributed by atoms with Crippen molar-refractivity contribution < 1.29 is 9.21 Å². The third-order valence-electron chi connectivity index (χ3n) is 4.12. The molecule has 0 radical (unpaired) electrons. The van der Waals surface area contributed by atoms with Gasteiger partial charge in [0.05, 0.1) is 16.3 Å². The van der Waals surface area contributed by atoms with Crippen LogP contribution < -0.4 is 0 Å². The minimum absolute atomic E-state index is 0.00396. The van der Waals surface area contributed by atoms with Gasteiger partial charge in [-0.15, -0.1) is 11.3 Å². The molecule has 0 spiro atoms. The highest BCUT2D eigenvalue weighted by molar-refractivity contribution is 9.10. The Hall–Kier alpha value is -1.92. The van der Waals surface area contributed by atoms with E-state index < -0.39 is 0 Å². The number of carbonyl (C=O) groups excluding carboxylic acids is 1. The van der Waals surface area contributed by atoms with Crippen LogP contribution in [0.2, 0.25) is 0 Å². The first-order valence-electron chi connectivity index (χ1n) is 7.80. The molecule has 1 atom stereocenters. The van der Waals surface area contributed by atoms with Crippen molar-refractivity contribution in [1.82, 2.24) is 9.88 Å². The molecule has 4 nitrogen and oxygen atoms in total. The fourth-order valence-corrected chi connectivity index (χ4v) is 4.42. The van der Waals surface area contributed by atoms with Crippen molar-refractivity contribution in [3.63, 3.8) is 0 Å². The van der Waals surface area contributed by atoms with Crippen molar-refractivity contribution in [3.8, 4) is 0 Å². The quantitative estimate of drug-likeness (QED) is 0.577. The normalized spacial score (nSPS) is 18.0. The van der Waals surface area contributed by atoms with Crippen LogP contribution in [-0.4, -0.2) is 22.3 Å². The zero-order valence-corrected chi connectivity index (χ0v) is 15.2. The first-order chi connectivity index (χ1) is 11.7. The summed E-state index contributed by atoms with van der Waals surface area (Å²) in [6.45, 7) is 0.769. The van der Waals surface area contributed by atoms with Gasteiger partial charge in [-0.3, -0.25) is 4.79 Å². The molecule has 4 rings (SSSR count). The van der Waals surface area contributed by atoms with E-state index in [9.17, 15) is 4.79 Å². The van der Waals surface area contributed by atoms with Crippen LogP contribution >= 0.6 is 27.3 Å². The van der Waals surface area contributed by atoms with Crippen LogP contribution in [0, 0.1) is 0 Å². The van der Waals surface area contributed by atoms with Gasteiger partial charge in [-0.1, -0.05) is 12.1 Å². The summed E-state index contributed by atoms with van der Waals surface area (Å²) in [5.41, 5.74) is 1.01. The van der Waals surface area contributed by atoms with Crippen molar-refractivity contribution in [2.45, 2.75) is 18.9 Å². The molecule has 0 N–H and O–H groups in total. The summed E-state index contributed by atoms with van der Waals surface area (Å²) < 4.78 is 7.22. The molecule has 24 heavy (non-hydrogen) atoms. The summed E-state index contributed by atoms with van der Waals surface area (Å²) in [6, 6.07) is 11.8. The molecule has 1 saturated heterocycles. The number of fused-ring (bicyclic) bond motifs is 1. The zero-order valence-electron chi connectivity index (χ0n) is 12.8. The van der Waals surface area contributed by atoms with E-state index in [2.05, 4.69) is 22.0 Å². The smallest absolute Gasteiger partial charge is 0.247 e. The Morgan fingerprint density at radius 2 is 2.21 bits per heavy atom. The number of carbonyl (C=O) groups is 1. The Labute approximate surface area is 151 Å². The summed E-state index contributed by atoms with van der Waals surface area (Å²) in [6.07, 6.45) is 5.26. The van der Waals surface area contributed by atoms with E-state index >= 15 is 0 Å². The standard InChI is InChI=1S/C18H15BrN2O2S/c19-16-9-7-12(23-16)8-10-17(22)21-11-3-5-14(21)18-20-13-4-1-2-6-15(13)24-18/h1-2,4,6-10,14H,3,5,11H2/b10-8+. The number of rotatable bonds is 3. The largest absolute Gasteiger partial charge is 0.450 e. The van der Waals surface area contributed by atoms with E-state index in [1.54, 1.807) is 23.5 Å². The van der Waals surface area contributed by atoms with Crippen LogP contribution in [0.25, 0.3) is 16.3 Å². The van der Waals surface area contributed by atoms with E-state index in [0.717, 1.165) is 29.9 Å². The molecule has 1 unspecified atom stereocenters. The maximum Gasteiger partial charge on any atom is 0.247 e. The van der Waals surface area contributed by atoms with Crippen molar-refractivity contribution in [2.24, 2.45) is 0 Å². The van der Waals surface area contributed by atoms with Gasteiger partial charge in [0, 0.05) is 12.6 Å². The minimum Gasteiger partial charge on any atom is -0.450 e. The molecule has 1 aromatic carbocycles. The number of hydrogen-bond donors (Lipinski definition) is 0. The van der Waals surface area contributed by atoms with Gasteiger partial charge in [0.1, 0.15) is 10.8 Å². The summed E-state index contributed by atoms with van der Waals surface area (Å²) in [5, 5.41) is 1.02. The number of furan rings is 1. The van der Waals surface area contributed by atoms with E-state index in [1.165, 1.54) is 4.70 Å². The van der Waals surface area contributed by atoms with Crippen molar-refractivity contribution >= 4 is 49.5 Å². The van der Waals surface area contributed by atoms with Crippen LogP contribution in [-0.2, 0) is 4.79 Å². The predicted molar refractivity (Wildman–Crippen MR) is 98.8 cm³/mol. The lowest BCUT2D eigenvalue weighted by molar-refractivity contribution is -0.126. The number of nitrogens with zero attached hydrogens (tertiary/aromatic N) is 2. The Morgan fingerprint density at radius 1 is 1.33 bits per heavy atom. The van der Waals surface area contributed by atoms with Gasteiger partial charge in [0.15, 0.2) is 4.67 Å². The van der Waals surface area contributed by atoms with Crippen molar-refractivity contribution in [3.05, 3.63) is 57.9 Å². The van der Waals surface area contributed by atoms with Gasteiger partial charge < -0.3 is 9.32 Å². The Morgan fingerprint density at radius 3 is 3.00 bits per heavy atom. The van der Waals surface area contributed by atoms with Crippen LogP contribution in [0.3, 0.4) is 0 Å². The summed E-state index contributed by atoms with van der Waals surface area (Å²) in [7, 11) is 0. The summed E-state index contributed by atoms with van der Waals surface area (Å²) in [4.78, 5) is 19.2. The molecule has 0 aliphatic carbocycles. The molecule has 1 aliphatic heterocycles. The first-order valence-corrected chi connectivity index (χ1v) is 9.41. The Balaban J connectivity index is 1.55. The average molecular weight is 403 g/mol. The second-order valence-electron chi connectivity index (χ2n) is 5.68. The minimum atomic E-state index is 0.00396. The molecular weight excluding hydrogens is 388 g/mol. The topological polar surface area (TPSA) is 46.3 Å². The number of amides is 1. The summed E-state index contributed by atoms with van der Waals surface area (Å²) >= 11 is 4.94. The summed E-state index contributed by atoms with van der Waals surface area (Å²) in [5.74, 6) is 0.662. The number of aromatic nitrogens is 1. The molecule has 2 aromatic heterocycles. The predicted octanol–water partition coefficient (Wildman–Crippen LogP) is 5.03. The zero-order chi connectivity index (χ0) is 16.5. The van der Waals surface area contributed by atoms with Crippen LogP contribution in [0.15, 0.2) is 51.6 Å². The monoisotopic (exact) mass is 402 g/mol. The van der Waals surface area contributed by atoms with Gasteiger partial charge in [-0.05, 0) is 59.1 Å². The number of likely N-dealkylation sites (tertiary alicyclic amines) is 1. The fraction of sp³-hybridized carbons (Fsp3) is 0.222. The van der Waals surface area contributed by atoms with Gasteiger partial charge in [-0.2, -0.15) is 0 Å². The first kappa shape index (κ1) is 15.6. The lowest BCUT2D eigenvalue weighted by Crippen LogP contribution is -2.28. The second-order valence-corrected chi connectivity index (χ2v) is 7.53. The van der Waals surface area contributed by atoms with Gasteiger partial charge in [-0.25, -0.2) is 4.98 Å². The maximum absolute atomic E-state index is 12.6. The van der Waals surface area contributed by atoms with Gasteiger partial charge in [0.25, 0.3) is 0 Å². The third-order valence-corrected chi connectivity index (χ3v) is 5.68. The molecule has 3 heterocycles. The fourth-order valence-electron chi connectivity index (χ4n) is 2.99. The molecule has 0 bridgehead atoms. The van der Waals surface area contributed by atoms with E-state index in [-0.39, 0.29) is 11.9 Å². The molecule has 3 aromatic rings. The molecule has 1 fully saturated rings. The Kier molecular flexibility index (Phi) is 4.24. The van der Waals surface area contributed by atoms with E-state index in [0.29, 0.717) is 10.4 Å². The molecular formula is C18H15BrN2O2S. The third kappa shape index (κ3) is 3.03. The molecule has 1 aliphatic rings. The molecule has 1 amide bonds. The lowest BCUT2D eigenvalue weighted by Gasteiger charge is -2.21. The highest BCUT2D eigenvalue weighted by atomic mass is 79.9. The van der Waals surface area contributed by atoms with Crippen LogP contribution in [0.4, 0.5) is 0 Å². The van der Waals surface area contributed by atoms with E-state index in [1.807, 2.05) is 35.2 Å².